The van der Waals surface area contributed by atoms with Crippen LogP contribution < -0.4 is 10.0 Å². The molecule has 8 heteroatoms. The normalized spacial score (nSPS) is 21.0. The number of hydrogen-bond donors (Lipinski definition) is 2. The Labute approximate surface area is 159 Å². The number of nitrogens with zero attached hydrogens (tertiary/aromatic N) is 2. The fourth-order valence-corrected chi connectivity index (χ4v) is 4.67. The van der Waals surface area contributed by atoms with Crippen molar-refractivity contribution < 1.29 is 8.42 Å². The molecule has 142 valence electrons. The van der Waals surface area contributed by atoms with Gasteiger partial charge in [-0.25, -0.2) is 18.1 Å². The number of pyridine rings is 1. The van der Waals surface area contributed by atoms with Crippen LogP contribution in [0.5, 0.6) is 0 Å². The van der Waals surface area contributed by atoms with Gasteiger partial charge >= 0.3 is 0 Å². The molecule has 3 rings (SSSR count). The molecule has 0 aliphatic heterocycles. The molecule has 2 aromatic rings. The molecule has 1 saturated carbocycles. The minimum Gasteiger partial charge on any atom is -0.359 e. The van der Waals surface area contributed by atoms with Gasteiger partial charge in [-0.15, -0.1) is 11.3 Å². The molecular formula is C18H26N4O2S2. The lowest BCUT2D eigenvalue weighted by Gasteiger charge is -2.29. The van der Waals surface area contributed by atoms with E-state index in [1.807, 2.05) is 23.7 Å². The highest BCUT2D eigenvalue weighted by Gasteiger charge is 2.24. The Bertz CT molecular complexity index is 798. The Morgan fingerprint density at radius 3 is 2.69 bits per heavy atom. The number of aromatic nitrogens is 2. The molecule has 1 aliphatic carbocycles. The average molecular weight is 395 g/mol. The Kier molecular flexibility index (Phi) is 6.26. The first-order valence-corrected chi connectivity index (χ1v) is 11.5. The molecule has 26 heavy (non-hydrogen) atoms. The van der Waals surface area contributed by atoms with Crippen molar-refractivity contribution in [2.75, 3.05) is 11.9 Å². The molecule has 0 spiro atoms. The molecule has 0 amide bonds. The van der Waals surface area contributed by atoms with Gasteiger partial charge < -0.3 is 5.32 Å². The van der Waals surface area contributed by atoms with Gasteiger partial charge in [-0.3, -0.25) is 4.98 Å². The minimum absolute atomic E-state index is 0.376. The predicted octanol–water partition coefficient (Wildman–Crippen LogP) is 3.50. The van der Waals surface area contributed by atoms with Gasteiger partial charge in [-0.1, -0.05) is 0 Å². The molecule has 6 nitrogen and oxygen atoms in total. The zero-order valence-corrected chi connectivity index (χ0v) is 16.8. The van der Waals surface area contributed by atoms with Gasteiger partial charge in [0.05, 0.1) is 10.9 Å². The lowest BCUT2D eigenvalue weighted by molar-refractivity contribution is 0.337. The van der Waals surface area contributed by atoms with Gasteiger partial charge in [0.1, 0.15) is 0 Å². The zero-order valence-electron chi connectivity index (χ0n) is 15.2. The number of thiazole rings is 1. The topological polar surface area (TPSA) is 84.0 Å². The summed E-state index contributed by atoms with van der Waals surface area (Å²) < 4.78 is 26.5. The standard InChI is InChI=1S/C18H26N4O2S2/c1-13(2)26(23,24)20-10-14-5-7-16(8-6-14)21-18-22-17(12-25-18)15-4-3-9-19-11-15/h3-4,9,11-14,16,20H,5-8,10H2,1-2H3,(H,21,22). The van der Waals surface area contributed by atoms with Crippen LogP contribution in [0, 0.1) is 5.92 Å². The maximum atomic E-state index is 11.9. The smallest absolute Gasteiger partial charge is 0.213 e. The van der Waals surface area contributed by atoms with E-state index in [4.69, 9.17) is 0 Å². The molecule has 1 fully saturated rings. The molecule has 0 aromatic carbocycles. The number of hydrogen-bond acceptors (Lipinski definition) is 6. The van der Waals surface area contributed by atoms with E-state index < -0.39 is 10.0 Å². The van der Waals surface area contributed by atoms with Crippen molar-refractivity contribution in [3.63, 3.8) is 0 Å². The Balaban J connectivity index is 1.47. The largest absolute Gasteiger partial charge is 0.359 e. The van der Waals surface area contributed by atoms with Crippen LogP contribution in [0.1, 0.15) is 39.5 Å². The lowest BCUT2D eigenvalue weighted by atomic mass is 9.86. The van der Waals surface area contributed by atoms with Crippen molar-refractivity contribution in [3.8, 4) is 11.3 Å². The van der Waals surface area contributed by atoms with E-state index in [0.29, 0.717) is 18.5 Å². The maximum absolute atomic E-state index is 11.9. The third-order valence-corrected chi connectivity index (χ3v) is 7.41. The zero-order chi connectivity index (χ0) is 18.6. The molecule has 2 heterocycles. The van der Waals surface area contributed by atoms with Crippen molar-refractivity contribution >= 4 is 26.5 Å². The number of sulfonamides is 1. The van der Waals surface area contributed by atoms with Crippen LogP contribution >= 0.6 is 11.3 Å². The minimum atomic E-state index is -3.16. The summed E-state index contributed by atoms with van der Waals surface area (Å²) >= 11 is 1.61. The quantitative estimate of drug-likeness (QED) is 0.751. The fraction of sp³-hybridized carbons (Fsp3) is 0.556. The van der Waals surface area contributed by atoms with Crippen LogP contribution in [0.2, 0.25) is 0 Å². The van der Waals surface area contributed by atoms with Crippen molar-refractivity contribution in [2.45, 2.75) is 50.8 Å². The third-order valence-electron chi connectivity index (χ3n) is 4.83. The number of nitrogens with one attached hydrogen (secondary N) is 2. The van der Waals surface area contributed by atoms with E-state index in [0.717, 1.165) is 42.1 Å². The predicted molar refractivity (Wildman–Crippen MR) is 107 cm³/mol. The van der Waals surface area contributed by atoms with Gasteiger partial charge in [0.25, 0.3) is 0 Å². The van der Waals surface area contributed by atoms with Crippen LogP contribution in [0.3, 0.4) is 0 Å². The van der Waals surface area contributed by atoms with Crippen LogP contribution in [0.25, 0.3) is 11.3 Å². The Morgan fingerprint density at radius 1 is 1.27 bits per heavy atom. The highest BCUT2D eigenvalue weighted by Crippen LogP contribution is 2.29. The fourth-order valence-electron chi connectivity index (χ4n) is 3.07. The van der Waals surface area contributed by atoms with Crippen LogP contribution in [-0.2, 0) is 10.0 Å². The Hall–Kier alpha value is -1.51. The lowest BCUT2D eigenvalue weighted by Crippen LogP contribution is -2.37. The summed E-state index contributed by atoms with van der Waals surface area (Å²) in [6.07, 6.45) is 7.71. The molecule has 0 saturated heterocycles. The van der Waals surface area contributed by atoms with Gasteiger partial charge in [0.15, 0.2) is 5.13 Å². The van der Waals surface area contributed by atoms with E-state index in [2.05, 4.69) is 20.0 Å². The summed E-state index contributed by atoms with van der Waals surface area (Å²) in [5, 5.41) is 6.14. The van der Waals surface area contributed by atoms with Crippen LogP contribution in [0.4, 0.5) is 5.13 Å². The summed E-state index contributed by atoms with van der Waals surface area (Å²) in [6.45, 7) is 3.96. The first kappa shape index (κ1) is 19.3. The van der Waals surface area contributed by atoms with Gasteiger partial charge in [0, 0.05) is 35.9 Å². The van der Waals surface area contributed by atoms with Gasteiger partial charge in [0.2, 0.25) is 10.0 Å². The summed E-state index contributed by atoms with van der Waals surface area (Å²) in [5.74, 6) is 0.420. The summed E-state index contributed by atoms with van der Waals surface area (Å²) in [4.78, 5) is 8.79. The van der Waals surface area contributed by atoms with Gasteiger partial charge in [-0.05, 0) is 57.6 Å². The second-order valence-electron chi connectivity index (χ2n) is 7.08. The molecule has 2 N–H and O–H groups in total. The third kappa shape index (κ3) is 5.02. The van der Waals surface area contributed by atoms with Crippen molar-refractivity contribution in [1.29, 1.82) is 0 Å². The SMILES string of the molecule is CC(C)S(=O)(=O)NCC1CCC(Nc2nc(-c3cccnc3)cs2)CC1. The van der Waals surface area contributed by atoms with E-state index in [9.17, 15) is 8.42 Å². The van der Waals surface area contributed by atoms with Crippen molar-refractivity contribution in [2.24, 2.45) is 5.92 Å². The summed E-state index contributed by atoms with van der Waals surface area (Å²) in [5.41, 5.74) is 1.97. The molecule has 1 aliphatic rings. The van der Waals surface area contributed by atoms with Crippen LogP contribution in [0.15, 0.2) is 29.9 Å². The maximum Gasteiger partial charge on any atom is 0.213 e. The average Bonchev–Trinajstić information content (AvgIpc) is 3.10. The first-order chi connectivity index (χ1) is 12.4. The highest BCUT2D eigenvalue weighted by atomic mass is 32.2. The van der Waals surface area contributed by atoms with E-state index in [1.165, 1.54) is 0 Å². The summed E-state index contributed by atoms with van der Waals surface area (Å²) in [7, 11) is -3.16. The first-order valence-electron chi connectivity index (χ1n) is 9.05. The van der Waals surface area contributed by atoms with Crippen LogP contribution in [-0.4, -0.2) is 36.2 Å². The van der Waals surface area contributed by atoms with E-state index in [-0.39, 0.29) is 5.25 Å². The van der Waals surface area contributed by atoms with Gasteiger partial charge in [-0.2, -0.15) is 0 Å². The van der Waals surface area contributed by atoms with Crippen molar-refractivity contribution in [3.05, 3.63) is 29.9 Å². The second kappa shape index (κ2) is 8.45. The second-order valence-corrected chi connectivity index (χ2v) is 10.3. The molecule has 0 atom stereocenters. The van der Waals surface area contributed by atoms with Crippen molar-refractivity contribution in [1.82, 2.24) is 14.7 Å². The molecule has 0 unspecified atom stereocenters. The van der Waals surface area contributed by atoms with E-state index in [1.54, 1.807) is 31.4 Å². The summed E-state index contributed by atoms with van der Waals surface area (Å²) in [6, 6.07) is 4.33. The van der Waals surface area contributed by atoms with E-state index >= 15 is 0 Å². The highest BCUT2D eigenvalue weighted by molar-refractivity contribution is 7.90. The molecule has 0 radical (unpaired) electrons. The number of anilines is 1. The number of rotatable bonds is 7. The monoisotopic (exact) mass is 394 g/mol. The Morgan fingerprint density at radius 2 is 2.04 bits per heavy atom. The molecule has 0 bridgehead atoms. The molecular weight excluding hydrogens is 368 g/mol. The molecule has 2 aromatic heterocycles.